The molecule has 6 heteroatoms. The lowest BCUT2D eigenvalue weighted by atomic mass is 10.0. The van der Waals surface area contributed by atoms with Crippen molar-refractivity contribution in [3.8, 4) is 5.75 Å². The molecule has 0 bridgehead atoms. The smallest absolute Gasteiger partial charge is 0.155 e. The van der Waals surface area contributed by atoms with Crippen molar-refractivity contribution in [1.82, 2.24) is 0 Å². The molecule has 0 aliphatic rings. The number of phenolic OH excluding ortho intramolecular Hbond substituents is 1. The van der Waals surface area contributed by atoms with Crippen molar-refractivity contribution in [3.05, 3.63) is 20.1 Å². The van der Waals surface area contributed by atoms with E-state index in [4.69, 9.17) is 46.4 Å². The zero-order valence-electron chi connectivity index (χ0n) is 10.9. The van der Waals surface area contributed by atoms with Crippen LogP contribution >= 0.6 is 58.2 Å². The van der Waals surface area contributed by atoms with Gasteiger partial charge in [0.25, 0.3) is 0 Å². The first-order valence-electron chi connectivity index (χ1n) is 6.06. The van der Waals surface area contributed by atoms with Crippen LogP contribution in [0, 0.1) is 5.92 Å². The molecule has 1 aromatic rings. The van der Waals surface area contributed by atoms with E-state index in [9.17, 15) is 5.11 Å². The summed E-state index contributed by atoms with van der Waals surface area (Å²) in [5.41, 5.74) is 0. The Hall–Kier alpha value is 0.530. The summed E-state index contributed by atoms with van der Waals surface area (Å²) in [5, 5.41) is 10.7. The number of hydrogen-bond acceptors (Lipinski definition) is 2. The first kappa shape index (κ1) is 17.6. The fourth-order valence-electron chi connectivity index (χ4n) is 1.72. The van der Waals surface area contributed by atoms with Crippen molar-refractivity contribution in [2.75, 3.05) is 0 Å². The number of benzene rings is 1. The highest BCUT2D eigenvalue weighted by Gasteiger charge is 2.24. The minimum atomic E-state index is -0.265. The summed E-state index contributed by atoms with van der Waals surface area (Å²) in [7, 11) is 0. The molecule has 1 rings (SSSR count). The van der Waals surface area contributed by atoms with E-state index in [0.717, 1.165) is 12.8 Å². The maximum atomic E-state index is 9.70. The first-order chi connectivity index (χ1) is 8.84. The van der Waals surface area contributed by atoms with Gasteiger partial charge >= 0.3 is 0 Å². The van der Waals surface area contributed by atoms with Crippen molar-refractivity contribution in [1.29, 1.82) is 0 Å². The van der Waals surface area contributed by atoms with Gasteiger partial charge in [0.2, 0.25) is 0 Å². The molecule has 2 atom stereocenters. The van der Waals surface area contributed by atoms with Gasteiger partial charge < -0.3 is 5.11 Å². The number of thioether (sulfide) groups is 1. The molecule has 0 heterocycles. The summed E-state index contributed by atoms with van der Waals surface area (Å²) in [4.78, 5) is 0.642. The summed E-state index contributed by atoms with van der Waals surface area (Å²) >= 11 is 25.8. The highest BCUT2D eigenvalue weighted by molar-refractivity contribution is 8.00. The van der Waals surface area contributed by atoms with E-state index in [0.29, 0.717) is 16.1 Å². The maximum absolute atomic E-state index is 9.70. The van der Waals surface area contributed by atoms with Gasteiger partial charge in [-0.3, -0.25) is 0 Å². The number of aromatic hydroxyl groups is 1. The molecule has 1 nitrogen and oxygen atoms in total. The minimum Gasteiger partial charge on any atom is -0.505 e. The van der Waals surface area contributed by atoms with Crippen molar-refractivity contribution < 1.29 is 5.11 Å². The molecule has 19 heavy (non-hydrogen) atoms. The van der Waals surface area contributed by atoms with Gasteiger partial charge in [0.05, 0.1) is 10.0 Å². The van der Waals surface area contributed by atoms with E-state index in [-0.39, 0.29) is 25.8 Å². The van der Waals surface area contributed by atoms with Crippen LogP contribution in [0.5, 0.6) is 5.75 Å². The summed E-state index contributed by atoms with van der Waals surface area (Å²) in [6.07, 6.45) is 2.06. The molecule has 0 radical (unpaired) electrons. The Labute approximate surface area is 138 Å². The van der Waals surface area contributed by atoms with Gasteiger partial charge in [0, 0.05) is 10.1 Å². The predicted octanol–water partition coefficient (Wildman–Crippen LogP) is 6.92. The second-order valence-electron chi connectivity index (χ2n) is 4.38. The highest BCUT2D eigenvalue weighted by Crippen LogP contribution is 2.50. The highest BCUT2D eigenvalue weighted by atomic mass is 35.5. The van der Waals surface area contributed by atoms with Gasteiger partial charge in [-0.1, -0.05) is 73.6 Å². The molecule has 0 aromatic heterocycles. The maximum Gasteiger partial charge on any atom is 0.155 e. The molecule has 0 saturated carbocycles. The van der Waals surface area contributed by atoms with Crippen LogP contribution in [0.15, 0.2) is 4.90 Å². The number of phenols is 1. The Balaban J connectivity index is 3.21. The average Bonchev–Trinajstić information content (AvgIpc) is 2.42. The molecule has 108 valence electrons. The second-order valence-corrected chi connectivity index (χ2v) is 7.15. The fourth-order valence-corrected chi connectivity index (χ4v) is 4.25. The lowest BCUT2D eigenvalue weighted by molar-refractivity contribution is 0.475. The van der Waals surface area contributed by atoms with E-state index in [1.54, 1.807) is 11.8 Å². The van der Waals surface area contributed by atoms with Crippen LogP contribution < -0.4 is 0 Å². The number of rotatable bonds is 5. The molecule has 0 aliphatic carbocycles. The van der Waals surface area contributed by atoms with Crippen molar-refractivity contribution in [2.24, 2.45) is 5.92 Å². The second kappa shape index (κ2) is 7.51. The van der Waals surface area contributed by atoms with Crippen LogP contribution in [0.3, 0.4) is 0 Å². The van der Waals surface area contributed by atoms with Gasteiger partial charge in [-0.15, -0.1) is 11.8 Å². The van der Waals surface area contributed by atoms with Gasteiger partial charge in [0.15, 0.2) is 5.75 Å². The molecular weight excluding hydrogens is 346 g/mol. The summed E-state index contributed by atoms with van der Waals surface area (Å²) < 4.78 is 0. The van der Waals surface area contributed by atoms with Crippen LogP contribution in [0.25, 0.3) is 0 Å². The Morgan fingerprint density at radius 3 is 1.79 bits per heavy atom. The van der Waals surface area contributed by atoms with Gasteiger partial charge in [-0.2, -0.15) is 0 Å². The third-order valence-electron chi connectivity index (χ3n) is 3.15. The Kier molecular flexibility index (Phi) is 6.95. The molecule has 0 fully saturated rings. The van der Waals surface area contributed by atoms with Crippen LogP contribution in [0.4, 0.5) is 0 Å². The predicted molar refractivity (Wildman–Crippen MR) is 87.5 cm³/mol. The SMILES string of the molecule is CCC(C)C(CC)Sc1c(Cl)c(Cl)c(O)c(Cl)c1Cl. The van der Waals surface area contributed by atoms with Gasteiger partial charge in [0.1, 0.15) is 10.0 Å². The van der Waals surface area contributed by atoms with E-state index in [1.165, 1.54) is 0 Å². The third kappa shape index (κ3) is 3.79. The van der Waals surface area contributed by atoms with Crippen LogP contribution in [-0.2, 0) is 0 Å². The average molecular weight is 362 g/mol. The fraction of sp³-hybridized carbons (Fsp3) is 0.538. The van der Waals surface area contributed by atoms with E-state index < -0.39 is 0 Å². The van der Waals surface area contributed by atoms with Crippen molar-refractivity contribution in [2.45, 2.75) is 43.8 Å². The summed E-state index contributed by atoms with van der Waals surface area (Å²) in [5.74, 6) is 0.257. The molecule has 2 unspecified atom stereocenters. The minimum absolute atomic E-state index is 0.0533. The molecular formula is C13H16Cl4OS. The first-order valence-corrected chi connectivity index (χ1v) is 8.45. The van der Waals surface area contributed by atoms with Crippen LogP contribution in [0.2, 0.25) is 20.1 Å². The number of hydrogen-bond donors (Lipinski definition) is 1. The van der Waals surface area contributed by atoms with Gasteiger partial charge in [-0.05, 0) is 12.3 Å². The van der Waals surface area contributed by atoms with Crippen molar-refractivity contribution in [3.63, 3.8) is 0 Å². The molecule has 1 aromatic carbocycles. The zero-order chi connectivity index (χ0) is 14.7. The van der Waals surface area contributed by atoms with Crippen LogP contribution in [0.1, 0.15) is 33.6 Å². The molecule has 0 amide bonds. The molecule has 0 spiro atoms. The third-order valence-corrected chi connectivity index (χ3v) is 6.80. The largest absolute Gasteiger partial charge is 0.505 e. The zero-order valence-corrected chi connectivity index (χ0v) is 14.8. The number of halogens is 4. The normalized spacial score (nSPS) is 14.5. The summed E-state index contributed by atoms with van der Waals surface area (Å²) in [6, 6.07) is 0. The van der Waals surface area contributed by atoms with Crippen LogP contribution in [-0.4, -0.2) is 10.4 Å². The Morgan fingerprint density at radius 1 is 0.947 bits per heavy atom. The lowest BCUT2D eigenvalue weighted by Crippen LogP contribution is -2.12. The molecule has 0 aliphatic heterocycles. The monoisotopic (exact) mass is 360 g/mol. The molecule has 0 saturated heterocycles. The topological polar surface area (TPSA) is 20.2 Å². The van der Waals surface area contributed by atoms with Crippen molar-refractivity contribution >= 4 is 58.2 Å². The standard InChI is InChI=1S/C13H16Cl4OS/c1-4-6(3)7(5-2)19-13-10(16)8(14)12(18)9(15)11(13)17/h6-7,18H,4-5H2,1-3H3. The Bertz CT molecular complexity index is 435. The van der Waals surface area contributed by atoms with Gasteiger partial charge in [-0.25, -0.2) is 0 Å². The van der Waals surface area contributed by atoms with E-state index >= 15 is 0 Å². The molecule has 1 N–H and O–H groups in total. The lowest BCUT2D eigenvalue weighted by Gasteiger charge is -2.22. The summed E-state index contributed by atoms with van der Waals surface area (Å²) in [6.45, 7) is 6.45. The Morgan fingerprint density at radius 2 is 1.42 bits per heavy atom. The van der Waals surface area contributed by atoms with E-state index in [2.05, 4.69) is 20.8 Å². The quantitative estimate of drug-likeness (QED) is 0.453. The van der Waals surface area contributed by atoms with E-state index in [1.807, 2.05) is 0 Å².